The van der Waals surface area contributed by atoms with Crippen LogP contribution in [0.3, 0.4) is 0 Å². The monoisotopic (exact) mass is 251 g/mol. The summed E-state index contributed by atoms with van der Waals surface area (Å²) in [6, 6.07) is 5.11. The molecule has 0 aromatic heterocycles. The molecule has 0 heterocycles. The molecular weight excluding hydrogens is 229 g/mol. The molecule has 1 aliphatic rings. The summed E-state index contributed by atoms with van der Waals surface area (Å²) in [5.74, 6) is -0.201. The number of rotatable bonds is 3. The van der Waals surface area contributed by atoms with Crippen molar-refractivity contribution in [3.63, 3.8) is 0 Å². The van der Waals surface area contributed by atoms with Crippen LogP contribution in [-0.2, 0) is 0 Å². The van der Waals surface area contributed by atoms with Gasteiger partial charge in [0.05, 0.1) is 5.60 Å². The Morgan fingerprint density at radius 1 is 1.22 bits per heavy atom. The number of nitrogens with one attached hydrogen (secondary N) is 1. The van der Waals surface area contributed by atoms with Crippen molar-refractivity contribution in [2.75, 3.05) is 11.9 Å². The number of anilines is 1. The van der Waals surface area contributed by atoms with Crippen LogP contribution < -0.4 is 5.32 Å². The van der Waals surface area contributed by atoms with E-state index in [4.69, 9.17) is 0 Å². The summed E-state index contributed by atoms with van der Waals surface area (Å²) in [4.78, 5) is 0. The van der Waals surface area contributed by atoms with E-state index in [0.717, 1.165) is 31.4 Å². The van der Waals surface area contributed by atoms with Gasteiger partial charge < -0.3 is 10.4 Å². The van der Waals surface area contributed by atoms with Crippen molar-refractivity contribution >= 4 is 5.69 Å². The zero-order valence-electron chi connectivity index (χ0n) is 11.0. The van der Waals surface area contributed by atoms with Crippen molar-refractivity contribution in [1.82, 2.24) is 0 Å². The SMILES string of the molecule is Cc1ccc(NCC2(O)CCCCCC2)cc1F. The summed E-state index contributed by atoms with van der Waals surface area (Å²) in [7, 11) is 0. The molecule has 3 heteroatoms. The summed E-state index contributed by atoms with van der Waals surface area (Å²) >= 11 is 0. The van der Waals surface area contributed by atoms with Gasteiger partial charge in [-0.3, -0.25) is 0 Å². The highest BCUT2D eigenvalue weighted by molar-refractivity contribution is 5.45. The van der Waals surface area contributed by atoms with Gasteiger partial charge in [0.15, 0.2) is 0 Å². The lowest BCUT2D eigenvalue weighted by Crippen LogP contribution is -2.36. The van der Waals surface area contributed by atoms with E-state index in [9.17, 15) is 9.50 Å². The van der Waals surface area contributed by atoms with Gasteiger partial charge in [-0.15, -0.1) is 0 Å². The normalized spacial score (nSPS) is 19.3. The zero-order chi connectivity index (χ0) is 13.0. The first kappa shape index (κ1) is 13.3. The average Bonchev–Trinajstić information content (AvgIpc) is 2.56. The third kappa shape index (κ3) is 3.45. The van der Waals surface area contributed by atoms with E-state index >= 15 is 0 Å². The van der Waals surface area contributed by atoms with E-state index in [0.29, 0.717) is 12.1 Å². The second kappa shape index (κ2) is 5.70. The Bertz CT molecular complexity index is 397. The minimum Gasteiger partial charge on any atom is -0.388 e. The third-order valence-corrected chi connectivity index (χ3v) is 3.83. The van der Waals surface area contributed by atoms with Crippen molar-refractivity contribution in [1.29, 1.82) is 0 Å². The van der Waals surface area contributed by atoms with Gasteiger partial charge in [0, 0.05) is 12.2 Å². The number of halogens is 1. The Balaban J connectivity index is 1.95. The lowest BCUT2D eigenvalue weighted by atomic mass is 9.94. The van der Waals surface area contributed by atoms with E-state index in [-0.39, 0.29) is 5.82 Å². The van der Waals surface area contributed by atoms with Gasteiger partial charge in [-0.1, -0.05) is 31.7 Å². The lowest BCUT2D eigenvalue weighted by molar-refractivity contribution is 0.0381. The number of aliphatic hydroxyl groups is 1. The predicted molar refractivity (Wildman–Crippen MR) is 72.3 cm³/mol. The highest BCUT2D eigenvalue weighted by atomic mass is 19.1. The maximum absolute atomic E-state index is 13.4. The van der Waals surface area contributed by atoms with Crippen LogP contribution in [0, 0.1) is 12.7 Å². The first-order chi connectivity index (χ1) is 8.59. The molecule has 0 saturated heterocycles. The van der Waals surface area contributed by atoms with Crippen LogP contribution in [0.4, 0.5) is 10.1 Å². The Kier molecular flexibility index (Phi) is 4.23. The van der Waals surface area contributed by atoms with E-state index in [1.807, 2.05) is 6.07 Å². The number of hydrogen-bond acceptors (Lipinski definition) is 2. The average molecular weight is 251 g/mol. The smallest absolute Gasteiger partial charge is 0.128 e. The molecule has 2 nitrogen and oxygen atoms in total. The minimum atomic E-state index is -0.627. The van der Waals surface area contributed by atoms with Crippen molar-refractivity contribution < 1.29 is 9.50 Å². The van der Waals surface area contributed by atoms with Crippen molar-refractivity contribution in [2.45, 2.75) is 51.0 Å². The van der Waals surface area contributed by atoms with Crippen LogP contribution in [0.15, 0.2) is 18.2 Å². The van der Waals surface area contributed by atoms with E-state index in [1.54, 1.807) is 13.0 Å². The van der Waals surface area contributed by atoms with Crippen molar-refractivity contribution in [2.24, 2.45) is 0 Å². The molecule has 0 spiro atoms. The topological polar surface area (TPSA) is 32.3 Å². The molecule has 1 saturated carbocycles. The maximum atomic E-state index is 13.4. The highest BCUT2D eigenvalue weighted by Crippen LogP contribution is 2.27. The molecule has 1 fully saturated rings. The summed E-state index contributed by atoms with van der Waals surface area (Å²) in [6.45, 7) is 2.26. The van der Waals surface area contributed by atoms with Gasteiger partial charge >= 0.3 is 0 Å². The lowest BCUT2D eigenvalue weighted by Gasteiger charge is -2.27. The van der Waals surface area contributed by atoms with Gasteiger partial charge in [-0.05, 0) is 37.5 Å². The van der Waals surface area contributed by atoms with Crippen LogP contribution in [0.2, 0.25) is 0 Å². The van der Waals surface area contributed by atoms with Crippen LogP contribution in [0.1, 0.15) is 44.1 Å². The van der Waals surface area contributed by atoms with Crippen LogP contribution >= 0.6 is 0 Å². The predicted octanol–water partition coefficient (Wildman–Crippen LogP) is 3.63. The molecule has 0 aliphatic heterocycles. The first-order valence-corrected chi connectivity index (χ1v) is 6.81. The molecule has 18 heavy (non-hydrogen) atoms. The molecule has 0 bridgehead atoms. The second-order valence-corrected chi connectivity index (χ2v) is 5.46. The molecule has 0 radical (unpaired) electrons. The van der Waals surface area contributed by atoms with Gasteiger partial charge in [0.2, 0.25) is 0 Å². The number of hydrogen-bond donors (Lipinski definition) is 2. The van der Waals surface area contributed by atoms with Gasteiger partial charge in [-0.2, -0.15) is 0 Å². The summed E-state index contributed by atoms with van der Waals surface area (Å²) in [5, 5.41) is 13.6. The molecule has 100 valence electrons. The number of benzene rings is 1. The number of aryl methyl sites for hydroxylation is 1. The molecule has 0 unspecified atom stereocenters. The van der Waals surface area contributed by atoms with Crippen molar-refractivity contribution in [3.05, 3.63) is 29.6 Å². The highest BCUT2D eigenvalue weighted by Gasteiger charge is 2.27. The fourth-order valence-electron chi connectivity index (χ4n) is 2.53. The van der Waals surface area contributed by atoms with Crippen LogP contribution in [0.25, 0.3) is 0 Å². The van der Waals surface area contributed by atoms with Crippen molar-refractivity contribution in [3.8, 4) is 0 Å². The zero-order valence-corrected chi connectivity index (χ0v) is 11.0. The molecule has 2 rings (SSSR count). The Morgan fingerprint density at radius 2 is 1.89 bits per heavy atom. The second-order valence-electron chi connectivity index (χ2n) is 5.46. The standard InChI is InChI=1S/C15H22FNO/c1-12-6-7-13(10-14(12)16)17-11-15(18)8-4-2-3-5-9-15/h6-7,10,17-18H,2-5,8-9,11H2,1H3. The summed E-state index contributed by atoms with van der Waals surface area (Å²) < 4.78 is 13.4. The fourth-order valence-corrected chi connectivity index (χ4v) is 2.53. The summed E-state index contributed by atoms with van der Waals surface area (Å²) in [5.41, 5.74) is 0.766. The van der Waals surface area contributed by atoms with Crippen LogP contribution in [-0.4, -0.2) is 17.3 Å². The summed E-state index contributed by atoms with van der Waals surface area (Å²) in [6.07, 6.45) is 6.27. The van der Waals surface area contributed by atoms with E-state index in [1.165, 1.54) is 18.9 Å². The Morgan fingerprint density at radius 3 is 2.50 bits per heavy atom. The van der Waals surface area contributed by atoms with Crippen LogP contribution in [0.5, 0.6) is 0 Å². The molecule has 1 aliphatic carbocycles. The molecule has 2 N–H and O–H groups in total. The molecule has 1 aromatic rings. The third-order valence-electron chi connectivity index (χ3n) is 3.83. The Labute approximate surface area is 108 Å². The molecular formula is C15H22FNO. The van der Waals surface area contributed by atoms with Gasteiger partial charge in [0.25, 0.3) is 0 Å². The minimum absolute atomic E-state index is 0.201. The van der Waals surface area contributed by atoms with E-state index in [2.05, 4.69) is 5.32 Å². The maximum Gasteiger partial charge on any atom is 0.128 e. The first-order valence-electron chi connectivity index (χ1n) is 6.81. The fraction of sp³-hybridized carbons (Fsp3) is 0.600. The van der Waals surface area contributed by atoms with Gasteiger partial charge in [0.1, 0.15) is 5.82 Å². The largest absolute Gasteiger partial charge is 0.388 e. The van der Waals surface area contributed by atoms with E-state index < -0.39 is 5.60 Å². The molecule has 0 atom stereocenters. The Hall–Kier alpha value is -1.09. The molecule has 0 amide bonds. The quantitative estimate of drug-likeness (QED) is 0.804. The van der Waals surface area contributed by atoms with Gasteiger partial charge in [-0.25, -0.2) is 4.39 Å². The molecule has 1 aromatic carbocycles.